The second kappa shape index (κ2) is 8.67. The van der Waals surface area contributed by atoms with Crippen LogP contribution in [-0.2, 0) is 27.4 Å². The maximum absolute atomic E-state index is 12.0. The van der Waals surface area contributed by atoms with Crippen LogP contribution in [0.25, 0.3) is 0 Å². The SMILES string of the molecule is CCCNCc1ccc(S(=O)(=O)NCCC(C)S(C)=O)o1. The summed E-state index contributed by atoms with van der Waals surface area (Å²) < 4.78 is 43.0. The van der Waals surface area contributed by atoms with E-state index in [0.29, 0.717) is 18.7 Å². The van der Waals surface area contributed by atoms with E-state index in [-0.39, 0.29) is 16.9 Å². The third kappa shape index (κ3) is 6.29. The van der Waals surface area contributed by atoms with Crippen molar-refractivity contribution in [3.05, 3.63) is 17.9 Å². The quantitative estimate of drug-likeness (QED) is 0.627. The summed E-state index contributed by atoms with van der Waals surface area (Å²) in [4.78, 5) is 0. The molecule has 0 aromatic carbocycles. The summed E-state index contributed by atoms with van der Waals surface area (Å²) in [5.41, 5.74) is 0. The van der Waals surface area contributed by atoms with E-state index in [1.165, 1.54) is 6.07 Å². The molecule has 0 bridgehead atoms. The van der Waals surface area contributed by atoms with Crippen LogP contribution in [-0.4, -0.2) is 37.2 Å². The van der Waals surface area contributed by atoms with E-state index in [1.807, 2.05) is 6.92 Å². The predicted octanol–water partition coefficient (Wildman–Crippen LogP) is 1.21. The zero-order valence-electron chi connectivity index (χ0n) is 12.7. The lowest BCUT2D eigenvalue weighted by Crippen LogP contribution is -2.27. The van der Waals surface area contributed by atoms with Crippen molar-refractivity contribution in [1.29, 1.82) is 0 Å². The standard InChI is InChI=1S/C13H24N2O4S2/c1-4-8-14-10-12-5-6-13(19-12)21(17,18)15-9-7-11(2)20(3)16/h5-6,11,14-15H,4,7-10H2,1-3H3. The van der Waals surface area contributed by atoms with Crippen molar-refractivity contribution in [3.8, 4) is 0 Å². The Morgan fingerprint density at radius 1 is 1.33 bits per heavy atom. The van der Waals surface area contributed by atoms with Crippen LogP contribution < -0.4 is 10.0 Å². The van der Waals surface area contributed by atoms with Gasteiger partial charge in [-0.1, -0.05) is 13.8 Å². The lowest BCUT2D eigenvalue weighted by molar-refractivity contribution is 0.400. The summed E-state index contributed by atoms with van der Waals surface area (Å²) in [6, 6.07) is 3.10. The van der Waals surface area contributed by atoms with Crippen LogP contribution in [0.5, 0.6) is 0 Å². The molecule has 0 aliphatic carbocycles. The molecule has 0 fully saturated rings. The molecule has 1 rings (SSSR count). The predicted molar refractivity (Wildman–Crippen MR) is 84.0 cm³/mol. The van der Waals surface area contributed by atoms with Crippen LogP contribution in [0.3, 0.4) is 0 Å². The highest BCUT2D eigenvalue weighted by atomic mass is 32.2. The van der Waals surface area contributed by atoms with Gasteiger partial charge < -0.3 is 9.73 Å². The smallest absolute Gasteiger partial charge is 0.273 e. The number of hydrogen-bond acceptors (Lipinski definition) is 5. The summed E-state index contributed by atoms with van der Waals surface area (Å²) in [6.07, 6.45) is 3.14. The Labute approximate surface area is 129 Å². The maximum Gasteiger partial charge on any atom is 0.273 e. The third-order valence-corrected chi connectivity index (χ3v) is 5.74. The van der Waals surface area contributed by atoms with Crippen LogP contribution in [0.1, 0.15) is 32.4 Å². The molecule has 1 heterocycles. The van der Waals surface area contributed by atoms with Gasteiger partial charge >= 0.3 is 0 Å². The first-order valence-electron chi connectivity index (χ1n) is 6.98. The Bertz CT molecular complexity index is 554. The molecule has 0 saturated carbocycles. The van der Waals surface area contributed by atoms with Gasteiger partial charge in [0.2, 0.25) is 5.09 Å². The van der Waals surface area contributed by atoms with Gasteiger partial charge in [0.05, 0.1) is 6.54 Å². The Balaban J connectivity index is 2.52. The van der Waals surface area contributed by atoms with Gasteiger partial charge in [0.1, 0.15) is 5.76 Å². The van der Waals surface area contributed by atoms with Gasteiger partial charge in [-0.3, -0.25) is 4.21 Å². The highest BCUT2D eigenvalue weighted by molar-refractivity contribution is 7.89. The highest BCUT2D eigenvalue weighted by Crippen LogP contribution is 2.13. The van der Waals surface area contributed by atoms with Crippen molar-refractivity contribution >= 4 is 20.8 Å². The van der Waals surface area contributed by atoms with E-state index in [1.54, 1.807) is 12.3 Å². The lowest BCUT2D eigenvalue weighted by Gasteiger charge is -2.08. The minimum absolute atomic E-state index is 0.0434. The molecular formula is C13H24N2O4S2. The molecule has 2 atom stereocenters. The van der Waals surface area contributed by atoms with Crippen LogP contribution in [0.2, 0.25) is 0 Å². The Morgan fingerprint density at radius 3 is 2.67 bits per heavy atom. The lowest BCUT2D eigenvalue weighted by atomic mass is 10.3. The van der Waals surface area contributed by atoms with Crippen molar-refractivity contribution in [2.75, 3.05) is 19.3 Å². The Hall–Kier alpha value is -0.700. The Morgan fingerprint density at radius 2 is 2.05 bits per heavy atom. The minimum Gasteiger partial charge on any atom is -0.447 e. The first-order chi connectivity index (χ1) is 9.86. The molecule has 2 N–H and O–H groups in total. The van der Waals surface area contributed by atoms with Crippen molar-refractivity contribution in [1.82, 2.24) is 10.0 Å². The molecule has 0 spiro atoms. The second-order valence-corrected chi connectivity index (χ2v) is 8.39. The van der Waals surface area contributed by atoms with E-state index in [2.05, 4.69) is 17.0 Å². The number of nitrogens with one attached hydrogen (secondary N) is 2. The molecule has 0 saturated heterocycles. The molecule has 8 heteroatoms. The van der Waals surface area contributed by atoms with Crippen molar-refractivity contribution < 1.29 is 17.0 Å². The average Bonchev–Trinajstić information content (AvgIpc) is 2.88. The van der Waals surface area contributed by atoms with Crippen LogP contribution in [0, 0.1) is 0 Å². The molecular weight excluding hydrogens is 312 g/mol. The molecule has 0 radical (unpaired) electrons. The molecule has 1 aromatic heterocycles. The summed E-state index contributed by atoms with van der Waals surface area (Å²) in [6.45, 7) is 5.49. The van der Waals surface area contributed by atoms with Gasteiger partial charge in [-0.25, -0.2) is 13.1 Å². The molecule has 2 unspecified atom stereocenters. The molecule has 0 aliphatic heterocycles. The van der Waals surface area contributed by atoms with Crippen molar-refractivity contribution in [3.63, 3.8) is 0 Å². The summed E-state index contributed by atoms with van der Waals surface area (Å²) >= 11 is 0. The van der Waals surface area contributed by atoms with Gasteiger partial charge in [-0.15, -0.1) is 0 Å². The normalized spacial score (nSPS) is 15.0. The topological polar surface area (TPSA) is 88.4 Å². The Kier molecular flexibility index (Phi) is 7.58. The van der Waals surface area contributed by atoms with E-state index >= 15 is 0 Å². The molecule has 0 aliphatic rings. The fraction of sp³-hybridized carbons (Fsp3) is 0.692. The maximum atomic E-state index is 12.0. The monoisotopic (exact) mass is 336 g/mol. The van der Waals surface area contributed by atoms with Crippen molar-refractivity contribution in [2.24, 2.45) is 0 Å². The van der Waals surface area contributed by atoms with E-state index in [0.717, 1.165) is 13.0 Å². The largest absolute Gasteiger partial charge is 0.447 e. The van der Waals surface area contributed by atoms with E-state index < -0.39 is 20.8 Å². The first-order valence-corrected chi connectivity index (χ1v) is 10.1. The summed E-state index contributed by atoms with van der Waals surface area (Å²) in [7, 11) is -4.59. The number of rotatable bonds is 10. The van der Waals surface area contributed by atoms with Crippen molar-refractivity contribution in [2.45, 2.75) is 43.6 Å². The zero-order chi connectivity index (χ0) is 15.9. The summed E-state index contributed by atoms with van der Waals surface area (Å²) in [5, 5.41) is 3.02. The van der Waals surface area contributed by atoms with Crippen LogP contribution in [0.4, 0.5) is 0 Å². The fourth-order valence-electron chi connectivity index (χ4n) is 1.62. The minimum atomic E-state index is -3.63. The average molecular weight is 336 g/mol. The third-order valence-electron chi connectivity index (χ3n) is 3.04. The number of hydrogen-bond donors (Lipinski definition) is 2. The number of furan rings is 1. The van der Waals surface area contributed by atoms with Gasteiger partial charge in [0.25, 0.3) is 10.0 Å². The molecule has 21 heavy (non-hydrogen) atoms. The molecule has 122 valence electrons. The zero-order valence-corrected chi connectivity index (χ0v) is 14.4. The van der Waals surface area contributed by atoms with Crippen LogP contribution >= 0.6 is 0 Å². The van der Waals surface area contributed by atoms with Crippen LogP contribution in [0.15, 0.2) is 21.6 Å². The number of sulfonamides is 1. The second-order valence-electron chi connectivity index (χ2n) is 4.89. The molecule has 0 amide bonds. The van der Waals surface area contributed by atoms with E-state index in [9.17, 15) is 12.6 Å². The van der Waals surface area contributed by atoms with Gasteiger partial charge in [0.15, 0.2) is 0 Å². The summed E-state index contributed by atoms with van der Waals surface area (Å²) in [5.74, 6) is 0.590. The fourth-order valence-corrected chi connectivity index (χ4v) is 3.06. The molecule has 1 aromatic rings. The van der Waals surface area contributed by atoms with Gasteiger partial charge in [0, 0.05) is 28.9 Å². The van der Waals surface area contributed by atoms with E-state index in [4.69, 9.17) is 4.42 Å². The highest BCUT2D eigenvalue weighted by Gasteiger charge is 2.19. The first kappa shape index (κ1) is 18.3. The van der Waals surface area contributed by atoms with Gasteiger partial charge in [-0.2, -0.15) is 0 Å². The van der Waals surface area contributed by atoms with Gasteiger partial charge in [-0.05, 0) is 31.5 Å². The molecule has 6 nitrogen and oxygen atoms in total.